The first-order valence-corrected chi connectivity index (χ1v) is 2.61. The first-order chi connectivity index (χ1) is 3.93. The molecule has 0 unspecified atom stereocenters. The zero-order chi connectivity index (χ0) is 5.82. The molecule has 0 radical (unpaired) electrons. The molecule has 0 saturated heterocycles. The molecular weight excluding hydrogens is 104 g/mol. The summed E-state index contributed by atoms with van der Waals surface area (Å²) in [6, 6.07) is 0. The van der Waals surface area contributed by atoms with Crippen molar-refractivity contribution in [3.05, 3.63) is 0 Å². The Morgan fingerprint density at radius 3 is 3.25 bits per heavy atom. The molecule has 0 aromatic rings. The number of ether oxygens (including phenoxy) is 1. The average molecular weight is 112 g/mol. The topological polar surface area (TPSA) is 34.0 Å². The van der Waals surface area contributed by atoms with Crippen LogP contribution < -0.4 is 0 Å². The van der Waals surface area contributed by atoms with Crippen LogP contribution in [-0.2, 0) is 4.74 Å². The van der Waals surface area contributed by atoms with Gasteiger partial charge in [0.1, 0.15) is 12.9 Å². The number of hydrogen-bond acceptors (Lipinski definition) is 3. The maximum absolute atomic E-state index is 5.03. The largest absolute Gasteiger partial charge is 0.480 e. The third kappa shape index (κ3) is 1.05. The van der Waals surface area contributed by atoms with Gasteiger partial charge in [-0.15, -0.1) is 0 Å². The second kappa shape index (κ2) is 2.45. The van der Waals surface area contributed by atoms with E-state index in [0.29, 0.717) is 13.2 Å². The van der Waals surface area contributed by atoms with Crippen LogP contribution in [0.15, 0.2) is 9.98 Å². The lowest BCUT2D eigenvalue weighted by Crippen LogP contribution is -2.04. The van der Waals surface area contributed by atoms with Crippen molar-refractivity contribution in [2.75, 3.05) is 13.2 Å². The summed E-state index contributed by atoms with van der Waals surface area (Å²) in [5.41, 5.74) is 0. The Hall–Kier alpha value is -0.860. The molecule has 1 heterocycles. The third-order valence-corrected chi connectivity index (χ3v) is 0.821. The van der Waals surface area contributed by atoms with E-state index in [2.05, 4.69) is 9.98 Å². The molecule has 8 heavy (non-hydrogen) atoms. The zero-order valence-corrected chi connectivity index (χ0v) is 4.79. The Morgan fingerprint density at radius 2 is 2.75 bits per heavy atom. The van der Waals surface area contributed by atoms with E-state index in [-0.39, 0.29) is 0 Å². The highest BCUT2D eigenvalue weighted by Crippen LogP contribution is 1.88. The molecule has 44 valence electrons. The van der Waals surface area contributed by atoms with Crippen molar-refractivity contribution in [1.82, 2.24) is 0 Å². The van der Waals surface area contributed by atoms with Crippen LogP contribution in [0.2, 0.25) is 0 Å². The van der Waals surface area contributed by atoms with Crippen LogP contribution in [0.1, 0.15) is 6.92 Å². The van der Waals surface area contributed by atoms with Crippen molar-refractivity contribution in [2.45, 2.75) is 6.92 Å². The molecule has 1 rings (SSSR count). The van der Waals surface area contributed by atoms with Crippen molar-refractivity contribution >= 4 is 12.2 Å². The normalized spacial score (nSPS) is 16.4. The molecule has 0 aliphatic carbocycles. The van der Waals surface area contributed by atoms with Gasteiger partial charge in [-0.05, 0) is 6.92 Å². The Labute approximate surface area is 48.1 Å². The fourth-order valence-corrected chi connectivity index (χ4v) is 0.514. The van der Waals surface area contributed by atoms with Crippen LogP contribution in [0.4, 0.5) is 0 Å². The molecule has 0 amide bonds. The van der Waals surface area contributed by atoms with Gasteiger partial charge in [0.2, 0.25) is 5.90 Å². The van der Waals surface area contributed by atoms with Crippen molar-refractivity contribution < 1.29 is 4.74 Å². The summed E-state index contributed by atoms with van der Waals surface area (Å²) < 4.78 is 5.03. The summed E-state index contributed by atoms with van der Waals surface area (Å²) in [6.45, 7) is 3.23. The zero-order valence-electron chi connectivity index (χ0n) is 4.79. The van der Waals surface area contributed by atoms with E-state index in [1.807, 2.05) is 6.92 Å². The summed E-state index contributed by atoms with van der Waals surface area (Å²) in [6.07, 6.45) is 1.52. The van der Waals surface area contributed by atoms with Gasteiger partial charge in [0.05, 0.1) is 6.61 Å². The lowest BCUT2D eigenvalue weighted by atomic mass is 10.7. The first kappa shape index (κ1) is 5.28. The lowest BCUT2D eigenvalue weighted by molar-refractivity contribution is 0.324. The van der Waals surface area contributed by atoms with Crippen LogP contribution in [0.3, 0.4) is 0 Å². The number of hydrogen-bond donors (Lipinski definition) is 0. The van der Waals surface area contributed by atoms with Gasteiger partial charge >= 0.3 is 0 Å². The lowest BCUT2D eigenvalue weighted by Gasteiger charge is -1.96. The average Bonchev–Trinajstić information content (AvgIpc) is 2.19. The van der Waals surface area contributed by atoms with Gasteiger partial charge < -0.3 is 4.74 Å². The Bertz CT molecular complexity index is 128. The van der Waals surface area contributed by atoms with Crippen LogP contribution in [0.5, 0.6) is 0 Å². The predicted molar refractivity (Wildman–Crippen MR) is 32.4 cm³/mol. The predicted octanol–water partition coefficient (Wildman–Crippen LogP) is 0.463. The number of aliphatic imine (C=N–C) groups is 2. The van der Waals surface area contributed by atoms with Crippen LogP contribution in [0, 0.1) is 0 Å². The molecule has 0 atom stereocenters. The first-order valence-electron chi connectivity index (χ1n) is 2.61. The summed E-state index contributed by atoms with van der Waals surface area (Å²) >= 11 is 0. The molecule has 1 aliphatic heterocycles. The molecule has 0 fully saturated rings. The van der Waals surface area contributed by atoms with Gasteiger partial charge in [-0.3, -0.25) is 4.99 Å². The monoisotopic (exact) mass is 112 g/mol. The van der Waals surface area contributed by atoms with Crippen molar-refractivity contribution in [1.29, 1.82) is 0 Å². The van der Waals surface area contributed by atoms with Gasteiger partial charge in [0, 0.05) is 0 Å². The second-order valence-electron chi connectivity index (χ2n) is 1.41. The van der Waals surface area contributed by atoms with E-state index in [0.717, 1.165) is 5.90 Å². The van der Waals surface area contributed by atoms with Crippen LogP contribution in [0.25, 0.3) is 0 Å². The molecule has 1 aliphatic rings. The fourth-order valence-electron chi connectivity index (χ4n) is 0.514. The highest BCUT2D eigenvalue weighted by Gasteiger charge is 1.99. The van der Waals surface area contributed by atoms with Crippen LogP contribution >= 0.6 is 0 Å². The van der Waals surface area contributed by atoms with E-state index >= 15 is 0 Å². The van der Waals surface area contributed by atoms with Crippen molar-refractivity contribution in [3.63, 3.8) is 0 Å². The van der Waals surface area contributed by atoms with Crippen molar-refractivity contribution in [2.24, 2.45) is 9.98 Å². The smallest absolute Gasteiger partial charge is 0.211 e. The SMILES string of the molecule is CCOC1=NC=NC1. The summed E-state index contributed by atoms with van der Waals surface area (Å²) in [5, 5.41) is 0. The summed E-state index contributed by atoms with van der Waals surface area (Å²) in [7, 11) is 0. The molecule has 3 heteroatoms. The minimum atomic E-state index is 0.619. The summed E-state index contributed by atoms with van der Waals surface area (Å²) in [4.78, 5) is 7.66. The minimum Gasteiger partial charge on any atom is -0.480 e. The Kier molecular flexibility index (Phi) is 1.62. The van der Waals surface area contributed by atoms with Crippen molar-refractivity contribution in [3.8, 4) is 0 Å². The maximum atomic E-state index is 5.03. The van der Waals surface area contributed by atoms with Gasteiger partial charge in [-0.1, -0.05) is 0 Å². The van der Waals surface area contributed by atoms with E-state index < -0.39 is 0 Å². The molecule has 0 N–H and O–H groups in total. The van der Waals surface area contributed by atoms with Gasteiger partial charge in [-0.2, -0.15) is 0 Å². The molecular formula is C5H8N2O. The van der Waals surface area contributed by atoms with E-state index in [9.17, 15) is 0 Å². The highest BCUT2D eigenvalue weighted by molar-refractivity contribution is 5.90. The molecule has 0 bridgehead atoms. The Balaban J connectivity index is 2.28. The Morgan fingerprint density at radius 1 is 1.88 bits per heavy atom. The van der Waals surface area contributed by atoms with E-state index in [4.69, 9.17) is 4.74 Å². The van der Waals surface area contributed by atoms with E-state index in [1.54, 1.807) is 0 Å². The third-order valence-electron chi connectivity index (χ3n) is 0.821. The molecule has 0 aromatic carbocycles. The standard InChI is InChI=1S/C5H8N2O/c1-2-8-5-3-6-4-7-5/h4H,2-3H2,1H3. The maximum Gasteiger partial charge on any atom is 0.211 e. The van der Waals surface area contributed by atoms with Gasteiger partial charge in [0.15, 0.2) is 0 Å². The summed E-state index contributed by atoms with van der Waals surface area (Å²) in [5.74, 6) is 0.729. The molecule has 0 spiro atoms. The second-order valence-corrected chi connectivity index (χ2v) is 1.41. The van der Waals surface area contributed by atoms with Crippen LogP contribution in [-0.4, -0.2) is 25.4 Å². The molecule has 0 aromatic heterocycles. The molecule has 3 nitrogen and oxygen atoms in total. The quantitative estimate of drug-likeness (QED) is 0.485. The number of nitrogens with zero attached hydrogens (tertiary/aromatic N) is 2. The highest BCUT2D eigenvalue weighted by atomic mass is 16.5. The van der Waals surface area contributed by atoms with Gasteiger partial charge in [-0.25, -0.2) is 4.99 Å². The molecule has 0 saturated carbocycles. The van der Waals surface area contributed by atoms with Gasteiger partial charge in [0.25, 0.3) is 0 Å². The number of rotatable bonds is 1. The minimum absolute atomic E-state index is 0.619. The fraction of sp³-hybridized carbons (Fsp3) is 0.600. The van der Waals surface area contributed by atoms with E-state index in [1.165, 1.54) is 6.34 Å².